The van der Waals surface area contributed by atoms with Gasteiger partial charge in [0.15, 0.2) is 12.4 Å². The van der Waals surface area contributed by atoms with Crippen LogP contribution < -0.4 is 15.0 Å². The van der Waals surface area contributed by atoms with E-state index in [1.165, 1.54) is 17.8 Å². The van der Waals surface area contributed by atoms with Gasteiger partial charge in [-0.2, -0.15) is 0 Å². The standard InChI is InChI=1S/C7H5BrO2.C7H10N2/c8-6-3-1-5(2-4-6)7(9)10;1-9(2)7-3-5-8-6-4-7/h1-4H,(H,9,10);3-6H,1-2H3. The van der Waals surface area contributed by atoms with Crippen molar-refractivity contribution in [3.63, 3.8) is 0 Å². The van der Waals surface area contributed by atoms with Gasteiger partial charge in [-0.05, 0) is 17.7 Å². The number of rotatable bonds is 2. The lowest BCUT2D eigenvalue weighted by Crippen LogP contribution is -2.21. The van der Waals surface area contributed by atoms with Crippen molar-refractivity contribution in [1.82, 2.24) is 0 Å². The number of carboxylic acids is 1. The monoisotopic (exact) mass is 322 g/mol. The molecule has 0 aliphatic rings. The van der Waals surface area contributed by atoms with Crippen LogP contribution >= 0.6 is 15.9 Å². The average Bonchev–Trinajstić information content (AvgIpc) is 2.41. The highest BCUT2D eigenvalue weighted by atomic mass is 79.9. The van der Waals surface area contributed by atoms with Crippen LogP contribution in [0.3, 0.4) is 0 Å². The normalized spacial score (nSPS) is 9.21. The zero-order valence-corrected chi connectivity index (χ0v) is 12.3. The molecule has 5 heteroatoms. The lowest BCUT2D eigenvalue weighted by molar-refractivity contribution is -0.377. The largest absolute Gasteiger partial charge is 0.545 e. The molecule has 0 spiro atoms. The van der Waals surface area contributed by atoms with E-state index < -0.39 is 5.97 Å². The Hall–Kier alpha value is -1.88. The van der Waals surface area contributed by atoms with E-state index in [1.807, 2.05) is 38.6 Å². The summed E-state index contributed by atoms with van der Waals surface area (Å²) < 4.78 is 0.859. The summed E-state index contributed by atoms with van der Waals surface area (Å²) >= 11 is 3.18. The SMILES string of the molecule is CN(C)c1cc[nH+]cc1.O=C([O-])c1ccc(Br)cc1. The lowest BCUT2D eigenvalue weighted by atomic mass is 10.2. The summed E-state index contributed by atoms with van der Waals surface area (Å²) in [5.41, 5.74) is 1.41. The van der Waals surface area contributed by atoms with Gasteiger partial charge in [0.25, 0.3) is 0 Å². The van der Waals surface area contributed by atoms with Crippen LogP contribution in [0, 0.1) is 0 Å². The number of carbonyl (C=O) groups excluding carboxylic acids is 1. The highest BCUT2D eigenvalue weighted by Crippen LogP contribution is 2.09. The van der Waals surface area contributed by atoms with Gasteiger partial charge in [-0.25, -0.2) is 4.98 Å². The van der Waals surface area contributed by atoms with Gasteiger partial charge in [0.05, 0.1) is 5.97 Å². The van der Waals surface area contributed by atoms with E-state index in [9.17, 15) is 9.90 Å². The molecule has 1 aromatic carbocycles. The Bertz CT molecular complexity index is 513. The van der Waals surface area contributed by atoms with E-state index in [0.29, 0.717) is 0 Å². The summed E-state index contributed by atoms with van der Waals surface area (Å²) in [5.74, 6) is -1.15. The summed E-state index contributed by atoms with van der Waals surface area (Å²) in [6.45, 7) is 0. The third kappa shape index (κ3) is 5.52. The molecule has 1 aromatic heterocycles. The van der Waals surface area contributed by atoms with Crippen molar-refractivity contribution in [2.45, 2.75) is 0 Å². The van der Waals surface area contributed by atoms with E-state index >= 15 is 0 Å². The number of nitrogens with one attached hydrogen (secondary N) is 1. The van der Waals surface area contributed by atoms with Gasteiger partial charge >= 0.3 is 0 Å². The molecule has 0 aliphatic carbocycles. The number of H-pyrrole nitrogens is 1. The van der Waals surface area contributed by atoms with Crippen LogP contribution in [0.15, 0.2) is 53.3 Å². The number of anilines is 1. The molecular weight excluding hydrogens is 308 g/mol. The summed E-state index contributed by atoms with van der Waals surface area (Å²) in [7, 11) is 4.05. The maximum atomic E-state index is 10.2. The Balaban J connectivity index is 0.000000191. The van der Waals surface area contributed by atoms with Gasteiger partial charge in [-0.15, -0.1) is 0 Å². The molecule has 0 aliphatic heterocycles. The van der Waals surface area contributed by atoms with E-state index in [-0.39, 0.29) is 5.56 Å². The maximum absolute atomic E-state index is 10.2. The van der Waals surface area contributed by atoms with Crippen molar-refractivity contribution in [2.24, 2.45) is 0 Å². The first kappa shape index (κ1) is 15.2. The molecule has 0 fully saturated rings. The predicted molar refractivity (Wildman–Crippen MR) is 75.8 cm³/mol. The Morgan fingerprint density at radius 1 is 1.11 bits per heavy atom. The number of benzene rings is 1. The van der Waals surface area contributed by atoms with Gasteiger partial charge < -0.3 is 14.8 Å². The number of aromatic carboxylic acids is 1. The highest BCUT2D eigenvalue weighted by Gasteiger charge is 1.91. The van der Waals surface area contributed by atoms with Gasteiger partial charge in [0, 0.05) is 36.4 Å². The van der Waals surface area contributed by atoms with E-state index in [1.54, 1.807) is 12.1 Å². The molecule has 4 nitrogen and oxygen atoms in total. The van der Waals surface area contributed by atoms with Crippen molar-refractivity contribution in [2.75, 3.05) is 19.0 Å². The quantitative estimate of drug-likeness (QED) is 0.839. The molecule has 2 aromatic rings. The van der Waals surface area contributed by atoms with Crippen LogP contribution in [0.2, 0.25) is 0 Å². The first-order chi connectivity index (χ1) is 9.00. The van der Waals surface area contributed by atoms with Crippen molar-refractivity contribution in [3.05, 3.63) is 58.8 Å². The van der Waals surface area contributed by atoms with Crippen LogP contribution in [0.5, 0.6) is 0 Å². The van der Waals surface area contributed by atoms with Gasteiger partial charge in [0.1, 0.15) is 0 Å². The van der Waals surface area contributed by atoms with Crippen molar-refractivity contribution >= 4 is 27.6 Å². The van der Waals surface area contributed by atoms with Crippen molar-refractivity contribution < 1.29 is 14.9 Å². The summed E-state index contributed by atoms with van der Waals surface area (Å²) in [5, 5.41) is 10.2. The summed E-state index contributed by atoms with van der Waals surface area (Å²) in [6.07, 6.45) is 3.82. The predicted octanol–water partition coefficient (Wildman–Crippen LogP) is 1.38. The fourth-order valence-corrected chi connectivity index (χ4v) is 1.53. The molecular formula is C14H15BrN2O2. The number of nitrogens with zero attached hydrogens (tertiary/aromatic N) is 1. The van der Waals surface area contributed by atoms with E-state index in [4.69, 9.17) is 0 Å². The Kier molecular flexibility index (Phi) is 6.02. The van der Waals surface area contributed by atoms with Gasteiger partial charge in [-0.1, -0.05) is 28.1 Å². The summed E-state index contributed by atoms with van der Waals surface area (Å²) in [6, 6.07) is 10.3. The minimum atomic E-state index is -1.15. The lowest BCUT2D eigenvalue weighted by Gasteiger charge is -2.08. The molecule has 1 heterocycles. The molecule has 0 bridgehead atoms. The topological polar surface area (TPSA) is 57.5 Å². The maximum Gasteiger partial charge on any atom is 0.169 e. The Morgan fingerprint density at radius 3 is 2.00 bits per heavy atom. The highest BCUT2D eigenvalue weighted by molar-refractivity contribution is 9.10. The molecule has 19 heavy (non-hydrogen) atoms. The second-order valence-corrected chi connectivity index (χ2v) is 4.86. The molecule has 100 valence electrons. The number of hydrogen-bond acceptors (Lipinski definition) is 3. The molecule has 0 radical (unpaired) electrons. The number of aromatic amines is 1. The third-order valence-corrected chi connectivity index (χ3v) is 2.83. The van der Waals surface area contributed by atoms with Gasteiger partial charge in [-0.3, -0.25) is 0 Å². The molecule has 0 unspecified atom stereocenters. The Morgan fingerprint density at radius 2 is 1.63 bits per heavy atom. The molecule has 0 saturated carbocycles. The van der Waals surface area contributed by atoms with E-state index in [2.05, 4.69) is 25.8 Å². The number of pyridine rings is 1. The second-order valence-electron chi connectivity index (χ2n) is 3.95. The fourth-order valence-electron chi connectivity index (χ4n) is 1.26. The van der Waals surface area contributed by atoms with Crippen LogP contribution in [-0.4, -0.2) is 20.1 Å². The number of carbonyl (C=O) groups is 1. The smallest absolute Gasteiger partial charge is 0.169 e. The first-order valence-corrected chi connectivity index (χ1v) is 6.40. The molecule has 1 N–H and O–H groups in total. The van der Waals surface area contributed by atoms with Crippen molar-refractivity contribution in [1.29, 1.82) is 0 Å². The van der Waals surface area contributed by atoms with Gasteiger partial charge in [0.2, 0.25) is 0 Å². The van der Waals surface area contributed by atoms with Crippen molar-refractivity contribution in [3.8, 4) is 0 Å². The molecule has 0 atom stereocenters. The van der Waals surface area contributed by atoms with Crippen LogP contribution in [-0.2, 0) is 0 Å². The Labute approximate surface area is 120 Å². The average molecular weight is 323 g/mol. The zero-order chi connectivity index (χ0) is 14.3. The number of aromatic nitrogens is 1. The first-order valence-electron chi connectivity index (χ1n) is 5.61. The minimum absolute atomic E-state index is 0.197. The number of hydrogen-bond donors (Lipinski definition) is 0. The van der Waals surface area contributed by atoms with Crippen LogP contribution in [0.1, 0.15) is 10.4 Å². The number of carboxylic acid groups (broad SMARTS) is 1. The molecule has 0 saturated heterocycles. The third-order valence-electron chi connectivity index (χ3n) is 2.30. The molecule has 0 amide bonds. The van der Waals surface area contributed by atoms with Crippen LogP contribution in [0.4, 0.5) is 5.69 Å². The molecule has 2 rings (SSSR count). The van der Waals surface area contributed by atoms with Crippen LogP contribution in [0.25, 0.3) is 0 Å². The fraction of sp³-hybridized carbons (Fsp3) is 0.143. The zero-order valence-electron chi connectivity index (χ0n) is 10.8. The second kappa shape index (κ2) is 7.53. The number of halogens is 1. The summed E-state index contributed by atoms with van der Waals surface area (Å²) in [4.78, 5) is 15.2. The van der Waals surface area contributed by atoms with E-state index in [0.717, 1.165) is 4.47 Å². The minimum Gasteiger partial charge on any atom is -0.545 e.